The molecule has 14 rings (SSSR count). The molecule has 314 valence electrons. The highest BCUT2D eigenvalue weighted by Gasteiger charge is 2.37. The second-order valence-corrected chi connectivity index (χ2v) is 18.3. The fraction of sp³-hybridized carbons (Fsp3) is 0.0484. The van der Waals surface area contributed by atoms with E-state index in [1.807, 2.05) is 54.6 Å². The first kappa shape index (κ1) is 37.7. The fourth-order valence-corrected chi connectivity index (χ4v) is 11.0. The maximum atomic E-state index is 6.33. The molecule has 0 saturated heterocycles. The quantitative estimate of drug-likeness (QED) is 0.173. The van der Waals surface area contributed by atoms with E-state index in [0.29, 0.717) is 17.5 Å². The normalized spacial score (nSPS) is 13.0. The molecule has 5 nitrogen and oxygen atoms in total. The number of hydrogen-bond acceptors (Lipinski definition) is 4. The summed E-state index contributed by atoms with van der Waals surface area (Å²) in [6.45, 7) is 4.75. The lowest BCUT2D eigenvalue weighted by atomic mass is 9.81. The molecule has 0 N–H and O–H groups in total. The highest BCUT2D eigenvalue weighted by Crippen LogP contribution is 2.53. The molecule has 10 aromatic carbocycles. The van der Waals surface area contributed by atoms with Gasteiger partial charge in [-0.2, -0.15) is 0 Å². The van der Waals surface area contributed by atoms with Crippen molar-refractivity contribution < 1.29 is 4.42 Å². The molecule has 0 fully saturated rings. The molecule has 0 aliphatic heterocycles. The van der Waals surface area contributed by atoms with E-state index in [2.05, 4.69) is 170 Å². The highest BCUT2D eigenvalue weighted by molar-refractivity contribution is 6.23. The summed E-state index contributed by atoms with van der Waals surface area (Å²) in [5.74, 6) is 1.78. The van der Waals surface area contributed by atoms with Crippen LogP contribution in [0.4, 0.5) is 0 Å². The Bertz CT molecular complexity index is 4200. The molecule has 67 heavy (non-hydrogen) atoms. The van der Waals surface area contributed by atoms with Gasteiger partial charge < -0.3 is 8.98 Å². The largest absolute Gasteiger partial charge is 0.456 e. The molecule has 0 spiro atoms. The molecular formula is C62H40N4O. The van der Waals surface area contributed by atoms with Crippen LogP contribution in [0.25, 0.3) is 127 Å². The van der Waals surface area contributed by atoms with Crippen molar-refractivity contribution in [3.63, 3.8) is 0 Å². The van der Waals surface area contributed by atoms with Gasteiger partial charge in [0.05, 0.1) is 11.0 Å². The molecule has 13 aromatic rings. The lowest BCUT2D eigenvalue weighted by molar-refractivity contribution is 0.661. The Morgan fingerprint density at radius 3 is 1.87 bits per heavy atom. The first-order valence-electron chi connectivity index (χ1n) is 22.9. The number of rotatable bonds is 5. The average molecular weight is 857 g/mol. The number of fused-ring (bicyclic) bond motifs is 13. The van der Waals surface area contributed by atoms with Crippen molar-refractivity contribution in [2.24, 2.45) is 0 Å². The van der Waals surface area contributed by atoms with Gasteiger partial charge in [0.15, 0.2) is 17.5 Å². The molecule has 1 aliphatic carbocycles. The van der Waals surface area contributed by atoms with Crippen molar-refractivity contribution in [1.82, 2.24) is 19.5 Å². The van der Waals surface area contributed by atoms with E-state index >= 15 is 0 Å². The van der Waals surface area contributed by atoms with Crippen molar-refractivity contribution >= 4 is 65.3 Å². The van der Waals surface area contributed by atoms with Gasteiger partial charge in [0.2, 0.25) is 0 Å². The van der Waals surface area contributed by atoms with Gasteiger partial charge in [-0.15, -0.1) is 0 Å². The van der Waals surface area contributed by atoms with Crippen LogP contribution in [0.15, 0.2) is 211 Å². The molecule has 0 unspecified atom stereocenters. The topological polar surface area (TPSA) is 56.7 Å². The van der Waals surface area contributed by atoms with Gasteiger partial charge in [-0.25, -0.2) is 15.0 Å². The molecule has 1 aliphatic rings. The average Bonchev–Trinajstić information content (AvgIpc) is 4.01. The van der Waals surface area contributed by atoms with Gasteiger partial charge in [0.1, 0.15) is 11.2 Å². The third kappa shape index (κ3) is 5.64. The van der Waals surface area contributed by atoms with Gasteiger partial charge in [-0.05, 0) is 91.8 Å². The monoisotopic (exact) mass is 856 g/mol. The van der Waals surface area contributed by atoms with Crippen LogP contribution in [0.2, 0.25) is 0 Å². The predicted octanol–water partition coefficient (Wildman–Crippen LogP) is 16.1. The zero-order valence-corrected chi connectivity index (χ0v) is 36.8. The molecule has 0 amide bonds. The Hall–Kier alpha value is -8.67. The summed E-state index contributed by atoms with van der Waals surface area (Å²) in [6, 6.07) is 73.8. The number of nitrogens with zero attached hydrogens (tertiary/aromatic N) is 4. The molecule has 0 radical (unpaired) electrons. The second kappa shape index (κ2) is 14.2. The predicted molar refractivity (Wildman–Crippen MR) is 276 cm³/mol. The Morgan fingerprint density at radius 2 is 1.03 bits per heavy atom. The number of furan rings is 1. The van der Waals surface area contributed by atoms with Crippen LogP contribution in [-0.4, -0.2) is 19.5 Å². The van der Waals surface area contributed by atoms with E-state index < -0.39 is 0 Å². The minimum Gasteiger partial charge on any atom is -0.456 e. The fourth-order valence-electron chi connectivity index (χ4n) is 11.0. The van der Waals surface area contributed by atoms with Crippen LogP contribution >= 0.6 is 0 Å². The van der Waals surface area contributed by atoms with Gasteiger partial charge in [0, 0.05) is 54.9 Å². The maximum Gasteiger partial charge on any atom is 0.164 e. The minimum absolute atomic E-state index is 0.171. The van der Waals surface area contributed by atoms with E-state index in [-0.39, 0.29) is 5.41 Å². The summed E-state index contributed by atoms with van der Waals surface area (Å²) >= 11 is 0. The zero-order chi connectivity index (χ0) is 44.4. The third-order valence-electron chi connectivity index (χ3n) is 14.2. The summed E-state index contributed by atoms with van der Waals surface area (Å²) < 4.78 is 8.78. The molecule has 5 heteroatoms. The van der Waals surface area contributed by atoms with Crippen LogP contribution in [0, 0.1) is 0 Å². The highest BCUT2D eigenvalue weighted by atomic mass is 16.3. The summed E-state index contributed by atoms with van der Waals surface area (Å²) in [6.07, 6.45) is 0. The molecule has 3 heterocycles. The van der Waals surface area contributed by atoms with Crippen molar-refractivity contribution in [2.75, 3.05) is 0 Å². The van der Waals surface area contributed by atoms with Gasteiger partial charge in [-0.3, -0.25) is 0 Å². The standard InChI is InChI=1S/C62H40N4O/c1-62(2)51-32-28-37-14-6-8-20-44(37)56(51)49-31-26-40(35-52(49)62)46-23-13-24-50-57-45-21-9-7-15-38(45)29-33-53(57)66(58(46)50)43-19-12-18-41(34-43)60-63-59(39-16-4-3-5-17-39)64-61(65-60)42-27-30-48-47-22-10-11-25-54(47)67-55(48)36-42/h3-36H,1-2H3. The third-order valence-corrected chi connectivity index (χ3v) is 14.2. The second-order valence-electron chi connectivity index (χ2n) is 18.3. The van der Waals surface area contributed by atoms with Crippen LogP contribution in [-0.2, 0) is 5.41 Å². The van der Waals surface area contributed by atoms with Crippen molar-refractivity contribution in [3.05, 3.63) is 217 Å². The molecule has 0 saturated carbocycles. The lowest BCUT2D eigenvalue weighted by Gasteiger charge is -2.22. The SMILES string of the molecule is CC1(C)c2cc(-c3cccc4c5c6ccccc6ccc5n(-c5cccc(-c6nc(-c7ccccc7)nc(-c7ccc8c(c7)oc7ccccc78)n6)c5)c34)ccc2-c2c1ccc1ccccc21. The summed E-state index contributed by atoms with van der Waals surface area (Å²) in [4.78, 5) is 15.5. The summed E-state index contributed by atoms with van der Waals surface area (Å²) in [5.41, 5.74) is 15.2. The van der Waals surface area contributed by atoms with Crippen LogP contribution in [0.3, 0.4) is 0 Å². The number of aromatic nitrogens is 4. The minimum atomic E-state index is -0.171. The summed E-state index contributed by atoms with van der Waals surface area (Å²) in [7, 11) is 0. The number of benzene rings is 10. The van der Waals surface area contributed by atoms with E-state index in [1.54, 1.807) is 0 Å². The van der Waals surface area contributed by atoms with Gasteiger partial charge in [-0.1, -0.05) is 178 Å². The Morgan fingerprint density at radius 1 is 0.403 bits per heavy atom. The van der Waals surface area contributed by atoms with E-state index in [0.717, 1.165) is 55.3 Å². The van der Waals surface area contributed by atoms with Crippen molar-refractivity contribution in [2.45, 2.75) is 19.3 Å². The maximum absolute atomic E-state index is 6.33. The number of hydrogen-bond donors (Lipinski definition) is 0. The van der Waals surface area contributed by atoms with E-state index in [9.17, 15) is 0 Å². The first-order chi connectivity index (χ1) is 33.0. The van der Waals surface area contributed by atoms with Crippen molar-refractivity contribution in [1.29, 1.82) is 0 Å². The Balaban J connectivity index is 0.978. The van der Waals surface area contributed by atoms with Crippen LogP contribution in [0.1, 0.15) is 25.0 Å². The molecule has 0 bridgehead atoms. The van der Waals surface area contributed by atoms with E-state index in [4.69, 9.17) is 19.4 Å². The van der Waals surface area contributed by atoms with Crippen LogP contribution in [0.5, 0.6) is 0 Å². The van der Waals surface area contributed by atoms with Gasteiger partial charge >= 0.3 is 0 Å². The van der Waals surface area contributed by atoms with Crippen molar-refractivity contribution in [3.8, 4) is 62.1 Å². The lowest BCUT2D eigenvalue weighted by Crippen LogP contribution is -2.15. The first-order valence-corrected chi connectivity index (χ1v) is 22.9. The smallest absolute Gasteiger partial charge is 0.164 e. The Kier molecular flexibility index (Phi) is 7.97. The molecular weight excluding hydrogens is 817 g/mol. The molecule has 3 aromatic heterocycles. The molecule has 0 atom stereocenters. The van der Waals surface area contributed by atoms with Gasteiger partial charge in [0.25, 0.3) is 0 Å². The summed E-state index contributed by atoms with van der Waals surface area (Å²) in [5, 5.41) is 9.60. The Labute approximate surface area is 386 Å². The van der Waals surface area contributed by atoms with E-state index in [1.165, 1.54) is 65.7 Å². The number of para-hydroxylation sites is 2. The van der Waals surface area contributed by atoms with Crippen LogP contribution < -0.4 is 0 Å². The zero-order valence-electron chi connectivity index (χ0n) is 36.8.